The average molecular weight is 201 g/mol. The predicted octanol–water partition coefficient (Wildman–Crippen LogP) is 1.53. The normalized spacial score (nSPS) is 12.9. The van der Waals surface area contributed by atoms with Crippen LogP contribution in [-0.2, 0) is 0 Å². The molecule has 1 aromatic rings. The molecule has 4 heteroatoms. The van der Waals surface area contributed by atoms with Crippen molar-refractivity contribution in [3.63, 3.8) is 0 Å². The Bertz CT molecular complexity index is 328. The molecule has 0 saturated carbocycles. The Hall–Kier alpha value is -1.00. The van der Waals surface area contributed by atoms with Gasteiger partial charge in [0.2, 0.25) is 0 Å². The van der Waals surface area contributed by atoms with Crippen molar-refractivity contribution in [3.8, 4) is 0 Å². The van der Waals surface area contributed by atoms with Gasteiger partial charge in [0, 0.05) is 6.54 Å². The van der Waals surface area contributed by atoms with Gasteiger partial charge in [-0.05, 0) is 25.6 Å². The number of hydrogen-bond acceptors (Lipinski definition) is 2. The molecule has 0 aliphatic carbocycles. The molecule has 1 unspecified atom stereocenters. The number of nitrogens with one attached hydrogen (secondary N) is 1. The highest BCUT2D eigenvalue weighted by atomic mass is 19.1. The van der Waals surface area contributed by atoms with Crippen LogP contribution < -0.4 is 5.32 Å². The third-order valence-corrected chi connectivity index (χ3v) is 2.05. The van der Waals surface area contributed by atoms with E-state index in [1.807, 2.05) is 0 Å². The van der Waals surface area contributed by atoms with E-state index in [1.165, 1.54) is 13.0 Å². The lowest BCUT2D eigenvalue weighted by Crippen LogP contribution is -2.19. The van der Waals surface area contributed by atoms with E-state index in [0.29, 0.717) is 5.56 Å². The predicted molar refractivity (Wildman–Crippen MR) is 50.0 cm³/mol. The van der Waals surface area contributed by atoms with E-state index in [0.717, 1.165) is 6.07 Å². The Kier molecular flexibility index (Phi) is 3.55. The van der Waals surface area contributed by atoms with Crippen molar-refractivity contribution < 1.29 is 13.9 Å². The maximum atomic E-state index is 13.4. The van der Waals surface area contributed by atoms with Crippen LogP contribution in [0.2, 0.25) is 0 Å². The van der Waals surface area contributed by atoms with Gasteiger partial charge in [-0.3, -0.25) is 0 Å². The van der Waals surface area contributed by atoms with Crippen LogP contribution in [0.25, 0.3) is 0 Å². The third-order valence-electron chi connectivity index (χ3n) is 2.05. The minimum atomic E-state index is -1.15. The Morgan fingerprint density at radius 3 is 2.64 bits per heavy atom. The second kappa shape index (κ2) is 4.48. The van der Waals surface area contributed by atoms with Crippen molar-refractivity contribution in [2.24, 2.45) is 0 Å². The van der Waals surface area contributed by atoms with Crippen LogP contribution in [0.1, 0.15) is 17.2 Å². The zero-order valence-corrected chi connectivity index (χ0v) is 8.14. The zero-order valence-electron chi connectivity index (χ0n) is 8.14. The van der Waals surface area contributed by atoms with Gasteiger partial charge in [-0.1, -0.05) is 6.07 Å². The van der Waals surface area contributed by atoms with Crippen LogP contribution in [0, 0.1) is 18.6 Å². The molecule has 1 aromatic carbocycles. The summed E-state index contributed by atoms with van der Waals surface area (Å²) in [5.74, 6) is -1.39. The summed E-state index contributed by atoms with van der Waals surface area (Å²) in [6.45, 7) is 1.65. The summed E-state index contributed by atoms with van der Waals surface area (Å²) >= 11 is 0. The fourth-order valence-electron chi connectivity index (χ4n) is 1.28. The highest BCUT2D eigenvalue weighted by molar-refractivity contribution is 5.28. The van der Waals surface area contributed by atoms with Crippen LogP contribution in [0.3, 0.4) is 0 Å². The largest absolute Gasteiger partial charge is 0.387 e. The van der Waals surface area contributed by atoms with E-state index in [9.17, 15) is 13.9 Å². The van der Waals surface area contributed by atoms with E-state index < -0.39 is 17.7 Å². The maximum Gasteiger partial charge on any atom is 0.134 e. The van der Waals surface area contributed by atoms with Crippen molar-refractivity contribution in [1.82, 2.24) is 5.32 Å². The Balaban J connectivity index is 3.11. The van der Waals surface area contributed by atoms with Gasteiger partial charge in [0.05, 0.1) is 11.7 Å². The van der Waals surface area contributed by atoms with E-state index in [2.05, 4.69) is 5.32 Å². The van der Waals surface area contributed by atoms with E-state index in [4.69, 9.17) is 0 Å². The average Bonchev–Trinajstić information content (AvgIpc) is 2.13. The number of aliphatic hydroxyl groups is 1. The van der Waals surface area contributed by atoms with Crippen LogP contribution in [0.5, 0.6) is 0 Å². The van der Waals surface area contributed by atoms with Gasteiger partial charge in [-0.2, -0.15) is 0 Å². The molecule has 0 amide bonds. The second-order valence-corrected chi connectivity index (χ2v) is 3.17. The molecule has 0 aromatic heterocycles. The van der Waals surface area contributed by atoms with Gasteiger partial charge in [0.25, 0.3) is 0 Å². The number of aryl methyl sites for hydroxylation is 1. The molecular weight excluding hydrogens is 188 g/mol. The Labute approximate surface area is 81.6 Å². The van der Waals surface area contributed by atoms with Gasteiger partial charge in [-0.15, -0.1) is 0 Å². The molecule has 0 saturated heterocycles. The minimum Gasteiger partial charge on any atom is -0.387 e. The molecule has 2 N–H and O–H groups in total. The van der Waals surface area contributed by atoms with Crippen LogP contribution in [0.15, 0.2) is 12.1 Å². The fourth-order valence-corrected chi connectivity index (χ4v) is 1.28. The summed E-state index contributed by atoms with van der Waals surface area (Å²) in [6, 6.07) is 2.51. The lowest BCUT2D eigenvalue weighted by atomic mass is 10.0. The van der Waals surface area contributed by atoms with Gasteiger partial charge >= 0.3 is 0 Å². The molecule has 0 heterocycles. The molecule has 2 nitrogen and oxygen atoms in total. The quantitative estimate of drug-likeness (QED) is 0.777. The number of rotatable bonds is 3. The first kappa shape index (κ1) is 11.1. The summed E-state index contributed by atoms with van der Waals surface area (Å²) < 4.78 is 26.6. The molecule has 0 radical (unpaired) electrons. The highest BCUT2D eigenvalue weighted by Gasteiger charge is 2.18. The van der Waals surface area contributed by atoms with Crippen molar-refractivity contribution in [1.29, 1.82) is 0 Å². The van der Waals surface area contributed by atoms with Crippen molar-refractivity contribution >= 4 is 0 Å². The SMILES string of the molecule is CNCC(O)c1c(F)ccc(C)c1F. The Morgan fingerprint density at radius 2 is 2.07 bits per heavy atom. The summed E-state index contributed by atoms with van der Waals surface area (Å²) in [5.41, 5.74) is 0.0657. The smallest absolute Gasteiger partial charge is 0.134 e. The van der Waals surface area contributed by atoms with Crippen molar-refractivity contribution in [3.05, 3.63) is 34.9 Å². The molecular formula is C10H13F2NO. The minimum absolute atomic E-state index is 0.122. The first-order valence-electron chi connectivity index (χ1n) is 4.35. The van der Waals surface area contributed by atoms with Crippen molar-refractivity contribution in [2.75, 3.05) is 13.6 Å². The number of halogens is 2. The lowest BCUT2D eigenvalue weighted by molar-refractivity contribution is 0.167. The molecule has 1 rings (SSSR count). The number of hydrogen-bond donors (Lipinski definition) is 2. The lowest BCUT2D eigenvalue weighted by Gasteiger charge is -2.13. The fraction of sp³-hybridized carbons (Fsp3) is 0.400. The topological polar surface area (TPSA) is 32.3 Å². The van der Waals surface area contributed by atoms with Gasteiger partial charge in [0.1, 0.15) is 11.6 Å². The van der Waals surface area contributed by atoms with E-state index in [-0.39, 0.29) is 12.1 Å². The van der Waals surface area contributed by atoms with Crippen LogP contribution >= 0.6 is 0 Å². The monoisotopic (exact) mass is 201 g/mol. The molecule has 0 bridgehead atoms. The summed E-state index contributed by atoms with van der Waals surface area (Å²) in [5, 5.41) is 12.1. The zero-order chi connectivity index (χ0) is 10.7. The molecule has 78 valence electrons. The molecule has 0 aliphatic heterocycles. The molecule has 14 heavy (non-hydrogen) atoms. The van der Waals surface area contributed by atoms with Crippen molar-refractivity contribution in [2.45, 2.75) is 13.0 Å². The standard InChI is InChI=1S/C10H13F2NO/c1-6-3-4-7(11)9(10(6)12)8(14)5-13-2/h3-4,8,13-14H,5H2,1-2H3. The summed E-state index contributed by atoms with van der Waals surface area (Å²) in [6.07, 6.45) is -1.15. The number of benzene rings is 1. The maximum absolute atomic E-state index is 13.4. The van der Waals surface area contributed by atoms with E-state index in [1.54, 1.807) is 7.05 Å². The van der Waals surface area contributed by atoms with Crippen LogP contribution in [-0.4, -0.2) is 18.7 Å². The Morgan fingerprint density at radius 1 is 1.43 bits per heavy atom. The number of likely N-dealkylation sites (N-methyl/N-ethyl adjacent to an activating group) is 1. The third kappa shape index (κ3) is 2.08. The van der Waals surface area contributed by atoms with Crippen LogP contribution in [0.4, 0.5) is 8.78 Å². The van der Waals surface area contributed by atoms with Gasteiger partial charge in [-0.25, -0.2) is 8.78 Å². The summed E-state index contributed by atoms with van der Waals surface area (Å²) in [4.78, 5) is 0. The highest BCUT2D eigenvalue weighted by Crippen LogP contribution is 2.22. The first-order chi connectivity index (χ1) is 6.57. The molecule has 0 spiro atoms. The van der Waals surface area contributed by atoms with Gasteiger partial charge < -0.3 is 10.4 Å². The molecule has 1 atom stereocenters. The summed E-state index contributed by atoms with van der Waals surface area (Å²) in [7, 11) is 1.61. The molecule has 0 aliphatic rings. The first-order valence-corrected chi connectivity index (χ1v) is 4.35. The number of aliphatic hydroxyl groups excluding tert-OH is 1. The van der Waals surface area contributed by atoms with E-state index >= 15 is 0 Å². The molecule has 0 fully saturated rings. The second-order valence-electron chi connectivity index (χ2n) is 3.17. The van der Waals surface area contributed by atoms with Gasteiger partial charge in [0.15, 0.2) is 0 Å².